The van der Waals surface area contributed by atoms with Gasteiger partial charge in [-0.25, -0.2) is 9.40 Å². The Labute approximate surface area is 196 Å². The lowest BCUT2D eigenvalue weighted by atomic mass is 10.1. The van der Waals surface area contributed by atoms with E-state index in [1.165, 1.54) is 23.1 Å². The second-order valence-corrected chi connectivity index (χ2v) is 7.66. The number of hydrazine groups is 1. The molecule has 1 aliphatic rings. The molecule has 0 aliphatic carbocycles. The quantitative estimate of drug-likeness (QED) is 0.545. The molecular formula is C23H25FN4O4S. The van der Waals surface area contributed by atoms with Crippen LogP contribution in [-0.2, 0) is 9.59 Å². The molecule has 0 saturated carbocycles. The van der Waals surface area contributed by atoms with Crippen LogP contribution in [0.15, 0.2) is 48.5 Å². The molecular weight excluding hydrogens is 447 g/mol. The molecule has 2 aromatic carbocycles. The van der Waals surface area contributed by atoms with Crippen molar-refractivity contribution in [2.75, 3.05) is 18.5 Å². The zero-order valence-corrected chi connectivity index (χ0v) is 19.2. The molecule has 174 valence electrons. The topological polar surface area (TPSA) is 91.0 Å². The molecule has 2 N–H and O–H groups in total. The van der Waals surface area contributed by atoms with Crippen molar-refractivity contribution in [3.05, 3.63) is 59.9 Å². The monoisotopic (exact) mass is 472 g/mol. The van der Waals surface area contributed by atoms with Crippen molar-refractivity contribution in [1.82, 2.24) is 15.3 Å². The van der Waals surface area contributed by atoms with Crippen LogP contribution in [0.5, 0.6) is 5.75 Å². The second kappa shape index (κ2) is 10.9. The molecule has 1 heterocycles. The van der Waals surface area contributed by atoms with Gasteiger partial charge in [0.25, 0.3) is 11.8 Å². The summed E-state index contributed by atoms with van der Waals surface area (Å²) in [4.78, 5) is 39.4. The number of halogens is 1. The lowest BCUT2D eigenvalue weighted by molar-refractivity contribution is -0.130. The fourth-order valence-corrected chi connectivity index (χ4v) is 3.69. The Morgan fingerprint density at radius 2 is 1.82 bits per heavy atom. The molecule has 2 aromatic rings. The van der Waals surface area contributed by atoms with E-state index < -0.39 is 29.6 Å². The van der Waals surface area contributed by atoms with Crippen LogP contribution in [0.2, 0.25) is 0 Å². The van der Waals surface area contributed by atoms with Gasteiger partial charge < -0.3 is 10.1 Å². The lowest BCUT2D eigenvalue weighted by Gasteiger charge is -2.24. The van der Waals surface area contributed by atoms with Crippen molar-refractivity contribution < 1.29 is 23.5 Å². The number of amides is 3. The van der Waals surface area contributed by atoms with Crippen molar-refractivity contribution in [2.45, 2.75) is 32.7 Å². The summed E-state index contributed by atoms with van der Waals surface area (Å²) in [7, 11) is 0. The summed E-state index contributed by atoms with van der Waals surface area (Å²) in [6.45, 7) is 4.59. The zero-order chi connectivity index (χ0) is 24.0. The maximum Gasteiger partial charge on any atom is 0.272 e. The van der Waals surface area contributed by atoms with E-state index in [0.29, 0.717) is 18.0 Å². The van der Waals surface area contributed by atoms with Crippen molar-refractivity contribution in [1.29, 1.82) is 0 Å². The third-order valence-electron chi connectivity index (χ3n) is 4.95. The number of benzene rings is 2. The van der Waals surface area contributed by atoms with E-state index in [2.05, 4.69) is 10.7 Å². The van der Waals surface area contributed by atoms with Gasteiger partial charge in [0, 0.05) is 12.2 Å². The highest BCUT2D eigenvalue weighted by Crippen LogP contribution is 2.21. The predicted octanol–water partition coefficient (Wildman–Crippen LogP) is 3.11. The van der Waals surface area contributed by atoms with Crippen LogP contribution < -0.4 is 15.5 Å². The molecule has 1 saturated heterocycles. The number of nitrogens with one attached hydrogen (secondary N) is 2. The molecule has 3 amide bonds. The number of rotatable bonds is 9. The van der Waals surface area contributed by atoms with E-state index in [4.69, 9.17) is 17.0 Å². The molecule has 0 radical (unpaired) electrons. The Hall–Kier alpha value is -3.53. The minimum atomic E-state index is -1.06. The number of likely N-dealkylation sites (N-methyl/N-ethyl adjacent to an activating group) is 1. The summed E-state index contributed by atoms with van der Waals surface area (Å²) >= 11 is 5.32. The van der Waals surface area contributed by atoms with Gasteiger partial charge in [-0.3, -0.25) is 24.7 Å². The number of thiocarbonyl (C=S) groups is 1. The smallest absolute Gasteiger partial charge is 0.272 e. The predicted molar refractivity (Wildman–Crippen MR) is 125 cm³/mol. The van der Waals surface area contributed by atoms with Crippen LogP contribution in [0.1, 0.15) is 37.0 Å². The van der Waals surface area contributed by atoms with Crippen molar-refractivity contribution in [2.24, 2.45) is 0 Å². The first-order valence-corrected chi connectivity index (χ1v) is 11.0. The van der Waals surface area contributed by atoms with Gasteiger partial charge in [0.05, 0.1) is 18.6 Å². The summed E-state index contributed by atoms with van der Waals surface area (Å²) in [5.41, 5.74) is 2.82. The number of anilines is 1. The fraction of sp³-hybridized carbons (Fsp3) is 0.304. The highest BCUT2D eigenvalue weighted by Gasteiger charge is 2.44. The number of carbonyl (C=O) groups is 3. The van der Waals surface area contributed by atoms with E-state index in [1.54, 1.807) is 31.2 Å². The minimum absolute atomic E-state index is 0.0439. The Kier molecular flexibility index (Phi) is 7.94. The van der Waals surface area contributed by atoms with Gasteiger partial charge >= 0.3 is 0 Å². The highest BCUT2D eigenvalue weighted by molar-refractivity contribution is 7.80. The first-order valence-electron chi connectivity index (χ1n) is 10.6. The first-order chi connectivity index (χ1) is 15.8. The number of nitrogens with zero attached hydrogens (tertiary/aromatic N) is 2. The Morgan fingerprint density at radius 3 is 2.45 bits per heavy atom. The molecule has 8 nitrogen and oxygen atoms in total. The Morgan fingerprint density at radius 1 is 1.12 bits per heavy atom. The van der Waals surface area contributed by atoms with E-state index in [0.717, 1.165) is 17.5 Å². The summed E-state index contributed by atoms with van der Waals surface area (Å²) < 4.78 is 19.5. The van der Waals surface area contributed by atoms with Crippen LogP contribution in [-0.4, -0.2) is 51.9 Å². The standard InChI is InChI=1S/C23H25FN4O4S/c1-3-13-32-16-11-9-15(10-12-16)25-20(29)14-19-22(31)27(4-2)23(33)28(19)26-21(30)17-7-5-6-8-18(17)24/h5-12,19H,3-4,13-14H2,1-2H3,(H,25,29)(H,26,30)/t19-/m0/s1. The number of carbonyl (C=O) groups excluding carboxylic acids is 3. The molecule has 33 heavy (non-hydrogen) atoms. The van der Waals surface area contributed by atoms with Crippen LogP contribution in [0.3, 0.4) is 0 Å². The van der Waals surface area contributed by atoms with Gasteiger partial charge in [0.15, 0.2) is 5.11 Å². The fourth-order valence-electron chi connectivity index (χ4n) is 3.30. The average molecular weight is 473 g/mol. The van der Waals surface area contributed by atoms with Gasteiger partial charge in [-0.1, -0.05) is 19.1 Å². The molecule has 1 fully saturated rings. The van der Waals surface area contributed by atoms with Crippen molar-refractivity contribution in [3.8, 4) is 5.75 Å². The van der Waals surface area contributed by atoms with Gasteiger partial charge in [-0.15, -0.1) is 0 Å². The highest BCUT2D eigenvalue weighted by atomic mass is 32.1. The molecule has 0 spiro atoms. The molecule has 1 aliphatic heterocycles. The number of ether oxygens (including phenoxy) is 1. The Balaban J connectivity index is 1.71. The van der Waals surface area contributed by atoms with E-state index in [-0.39, 0.29) is 23.6 Å². The largest absolute Gasteiger partial charge is 0.494 e. The molecule has 10 heteroatoms. The number of hydrogen-bond acceptors (Lipinski definition) is 5. The SMILES string of the molecule is CCCOc1ccc(NC(=O)C[C@H]2C(=O)N(CC)C(=S)N2NC(=O)c2ccccc2F)cc1. The first kappa shape index (κ1) is 24.1. The normalized spacial score (nSPS) is 15.5. The van der Waals surface area contributed by atoms with E-state index in [1.807, 2.05) is 6.92 Å². The van der Waals surface area contributed by atoms with Crippen molar-refractivity contribution >= 4 is 40.7 Å². The molecule has 3 rings (SSSR count). The van der Waals surface area contributed by atoms with Gasteiger partial charge in [-0.05, 0) is 62.0 Å². The molecule has 1 atom stereocenters. The molecule has 0 bridgehead atoms. The van der Waals surface area contributed by atoms with Crippen LogP contribution in [0.25, 0.3) is 0 Å². The average Bonchev–Trinajstić information content (AvgIpc) is 3.02. The summed E-state index contributed by atoms with van der Waals surface area (Å²) in [6, 6.07) is 11.3. The zero-order valence-electron chi connectivity index (χ0n) is 18.3. The third-order valence-corrected chi connectivity index (χ3v) is 5.36. The van der Waals surface area contributed by atoms with Crippen LogP contribution in [0, 0.1) is 5.82 Å². The van der Waals surface area contributed by atoms with Gasteiger partial charge in [0.2, 0.25) is 5.91 Å². The lowest BCUT2D eigenvalue weighted by Crippen LogP contribution is -2.49. The van der Waals surface area contributed by atoms with Crippen LogP contribution >= 0.6 is 12.2 Å². The Bertz CT molecular complexity index is 1050. The van der Waals surface area contributed by atoms with E-state index in [9.17, 15) is 18.8 Å². The number of hydrogen-bond donors (Lipinski definition) is 2. The molecule has 0 aromatic heterocycles. The minimum Gasteiger partial charge on any atom is -0.494 e. The summed E-state index contributed by atoms with van der Waals surface area (Å²) in [6.07, 6.45) is 0.621. The summed E-state index contributed by atoms with van der Waals surface area (Å²) in [5, 5.41) is 3.92. The van der Waals surface area contributed by atoms with Gasteiger partial charge in [-0.2, -0.15) is 0 Å². The maximum absolute atomic E-state index is 14.0. The second-order valence-electron chi connectivity index (χ2n) is 7.30. The maximum atomic E-state index is 14.0. The molecule has 0 unspecified atom stereocenters. The van der Waals surface area contributed by atoms with Crippen molar-refractivity contribution in [3.63, 3.8) is 0 Å². The van der Waals surface area contributed by atoms with Crippen LogP contribution in [0.4, 0.5) is 10.1 Å². The third kappa shape index (κ3) is 5.64. The van der Waals surface area contributed by atoms with E-state index >= 15 is 0 Å². The van der Waals surface area contributed by atoms with Gasteiger partial charge in [0.1, 0.15) is 17.6 Å². The summed E-state index contributed by atoms with van der Waals surface area (Å²) in [5.74, 6) is -1.66.